The zero-order valence-electron chi connectivity index (χ0n) is 17.4. The van der Waals surface area contributed by atoms with Crippen LogP contribution in [-0.2, 0) is 0 Å². The van der Waals surface area contributed by atoms with Gasteiger partial charge in [-0.25, -0.2) is 4.99 Å². The van der Waals surface area contributed by atoms with Gasteiger partial charge in [-0.3, -0.25) is 0 Å². The number of benzene rings is 4. The van der Waals surface area contributed by atoms with Crippen LogP contribution in [0.3, 0.4) is 0 Å². The molecule has 0 heterocycles. The third kappa shape index (κ3) is 4.82. The first kappa shape index (κ1) is 19.6. The Hall–Kier alpha value is -3.71. The van der Waals surface area contributed by atoms with Gasteiger partial charge >= 0.3 is 0 Å². The molecule has 4 aromatic rings. The van der Waals surface area contributed by atoms with Crippen molar-refractivity contribution in [1.29, 1.82) is 0 Å². The highest BCUT2D eigenvalue weighted by molar-refractivity contribution is 6.35. The molecule has 0 aromatic heterocycles. The van der Waals surface area contributed by atoms with Crippen LogP contribution in [0.25, 0.3) is 11.6 Å². The number of allylic oxidation sites excluding steroid dienone is 1. The van der Waals surface area contributed by atoms with E-state index >= 15 is 0 Å². The molecule has 0 radical (unpaired) electrons. The first-order valence-corrected chi connectivity index (χ1v) is 10.2. The number of nitrogens with zero attached hydrogens (tertiary/aromatic N) is 1. The first-order valence-electron chi connectivity index (χ1n) is 10.2. The quantitative estimate of drug-likeness (QED) is 0.246. The third-order valence-corrected chi connectivity index (χ3v) is 5.05. The summed E-state index contributed by atoms with van der Waals surface area (Å²) in [6.45, 7) is 4.21. The Morgan fingerprint density at radius 3 is 1.63 bits per heavy atom. The van der Waals surface area contributed by atoms with Gasteiger partial charge in [-0.2, -0.15) is 0 Å². The van der Waals surface area contributed by atoms with Crippen LogP contribution in [0.1, 0.15) is 27.8 Å². The summed E-state index contributed by atoms with van der Waals surface area (Å²) in [5.74, 6) is 0. The Bertz CT molecular complexity index is 1050. The lowest BCUT2D eigenvalue weighted by Crippen LogP contribution is -2.04. The van der Waals surface area contributed by atoms with Crippen LogP contribution < -0.4 is 0 Å². The van der Waals surface area contributed by atoms with E-state index in [1.165, 1.54) is 11.1 Å². The molecular weight excluding hydrogens is 362 g/mol. The van der Waals surface area contributed by atoms with Crippen molar-refractivity contribution in [2.24, 2.45) is 4.99 Å². The number of hydrogen-bond donors (Lipinski definition) is 0. The molecule has 30 heavy (non-hydrogen) atoms. The Morgan fingerprint density at radius 1 is 0.567 bits per heavy atom. The van der Waals surface area contributed by atoms with Crippen molar-refractivity contribution in [2.75, 3.05) is 0 Å². The van der Waals surface area contributed by atoms with Crippen molar-refractivity contribution in [3.8, 4) is 0 Å². The van der Waals surface area contributed by atoms with Gasteiger partial charge in [0.2, 0.25) is 0 Å². The summed E-state index contributed by atoms with van der Waals surface area (Å²) in [5.41, 5.74) is 8.90. The summed E-state index contributed by atoms with van der Waals surface area (Å²) in [4.78, 5) is 5.11. The van der Waals surface area contributed by atoms with Crippen molar-refractivity contribution < 1.29 is 0 Å². The van der Waals surface area contributed by atoms with Crippen molar-refractivity contribution >= 4 is 23.0 Å². The Balaban J connectivity index is 1.93. The predicted octanol–water partition coefficient (Wildman–Crippen LogP) is 7.67. The van der Waals surface area contributed by atoms with Gasteiger partial charge in [-0.15, -0.1) is 0 Å². The highest BCUT2D eigenvalue weighted by Crippen LogP contribution is 2.27. The van der Waals surface area contributed by atoms with Crippen LogP contribution in [0, 0.1) is 13.8 Å². The lowest BCUT2D eigenvalue weighted by Gasteiger charge is -2.13. The molecule has 0 spiro atoms. The van der Waals surface area contributed by atoms with Gasteiger partial charge in [0.05, 0.1) is 11.4 Å². The van der Waals surface area contributed by atoms with Gasteiger partial charge < -0.3 is 0 Å². The summed E-state index contributed by atoms with van der Waals surface area (Å²) < 4.78 is 0. The molecule has 4 aromatic carbocycles. The maximum atomic E-state index is 5.11. The molecule has 1 heteroatoms. The second-order valence-corrected chi connectivity index (χ2v) is 7.50. The normalized spacial score (nSPS) is 12.1. The molecule has 0 fully saturated rings. The summed E-state index contributed by atoms with van der Waals surface area (Å²) in [6.07, 6.45) is 2.23. The zero-order valence-corrected chi connectivity index (χ0v) is 17.4. The molecule has 0 atom stereocenters. The summed E-state index contributed by atoms with van der Waals surface area (Å²) in [6, 6.07) is 37.9. The van der Waals surface area contributed by atoms with Crippen LogP contribution in [0.15, 0.2) is 114 Å². The van der Waals surface area contributed by atoms with E-state index in [1.54, 1.807) is 0 Å². The van der Waals surface area contributed by atoms with Gasteiger partial charge in [0, 0.05) is 11.1 Å². The van der Waals surface area contributed by atoms with Gasteiger partial charge in [-0.1, -0.05) is 108 Å². The molecule has 0 saturated carbocycles. The molecule has 146 valence electrons. The number of aliphatic imine (C=N–C) groups is 1. The lowest BCUT2D eigenvalue weighted by atomic mass is 9.93. The number of hydrogen-bond acceptors (Lipinski definition) is 1. The summed E-state index contributed by atoms with van der Waals surface area (Å²) in [5, 5.41) is 0. The second kappa shape index (κ2) is 9.19. The molecule has 0 unspecified atom stereocenters. The fourth-order valence-corrected chi connectivity index (χ4v) is 3.36. The minimum absolute atomic E-state index is 0.949. The summed E-state index contributed by atoms with van der Waals surface area (Å²) >= 11 is 0. The van der Waals surface area contributed by atoms with E-state index in [1.807, 2.05) is 12.1 Å². The topological polar surface area (TPSA) is 12.4 Å². The maximum absolute atomic E-state index is 5.11. The monoisotopic (exact) mass is 387 g/mol. The van der Waals surface area contributed by atoms with E-state index in [2.05, 4.69) is 117 Å². The van der Waals surface area contributed by atoms with Crippen molar-refractivity contribution in [2.45, 2.75) is 13.8 Å². The van der Waals surface area contributed by atoms with E-state index < -0.39 is 0 Å². The van der Waals surface area contributed by atoms with Gasteiger partial charge in [-0.05, 0) is 43.2 Å². The van der Waals surface area contributed by atoms with E-state index in [-0.39, 0.29) is 0 Å². The standard InChI is InChI=1S/C29H25N/c1-22-13-17-24(18-14-22)21-28(25-9-5-3-6-10-25)29(26-11-7-4-8-12-26)30-27-19-15-23(2)16-20-27/h3-21H,1-2H3/b28-21+,30-29?. The zero-order chi connectivity index (χ0) is 20.8. The molecule has 0 aliphatic heterocycles. The molecule has 0 aliphatic carbocycles. The lowest BCUT2D eigenvalue weighted by molar-refractivity contribution is 1.43. The van der Waals surface area contributed by atoms with Crippen molar-refractivity contribution in [3.63, 3.8) is 0 Å². The highest BCUT2D eigenvalue weighted by Gasteiger charge is 2.13. The maximum Gasteiger partial charge on any atom is 0.0787 e. The Morgan fingerprint density at radius 2 is 1.07 bits per heavy atom. The molecule has 1 nitrogen and oxygen atoms in total. The Kier molecular flexibility index (Phi) is 6.01. The van der Waals surface area contributed by atoms with Crippen LogP contribution in [-0.4, -0.2) is 5.71 Å². The van der Waals surface area contributed by atoms with Gasteiger partial charge in [0.25, 0.3) is 0 Å². The average Bonchev–Trinajstić information content (AvgIpc) is 2.80. The predicted molar refractivity (Wildman–Crippen MR) is 129 cm³/mol. The van der Waals surface area contributed by atoms with E-state index in [4.69, 9.17) is 4.99 Å². The van der Waals surface area contributed by atoms with Crippen LogP contribution in [0.5, 0.6) is 0 Å². The van der Waals surface area contributed by atoms with Crippen molar-refractivity contribution in [3.05, 3.63) is 137 Å². The Labute approximate surface area is 179 Å². The molecule has 0 N–H and O–H groups in total. The van der Waals surface area contributed by atoms with Gasteiger partial charge in [0.15, 0.2) is 0 Å². The third-order valence-electron chi connectivity index (χ3n) is 5.05. The van der Waals surface area contributed by atoms with Crippen LogP contribution in [0.4, 0.5) is 5.69 Å². The highest BCUT2D eigenvalue weighted by atomic mass is 14.7. The van der Waals surface area contributed by atoms with Crippen LogP contribution in [0.2, 0.25) is 0 Å². The fourth-order valence-electron chi connectivity index (χ4n) is 3.36. The number of rotatable bonds is 5. The molecular formula is C29H25N. The SMILES string of the molecule is Cc1ccc(/C=C(/C(=Nc2ccc(C)cc2)c2ccccc2)c2ccccc2)cc1. The van der Waals surface area contributed by atoms with Crippen LogP contribution >= 0.6 is 0 Å². The van der Waals surface area contributed by atoms with E-state index in [0.717, 1.165) is 33.7 Å². The molecule has 4 rings (SSSR count). The first-order chi connectivity index (χ1) is 14.7. The minimum atomic E-state index is 0.949. The minimum Gasteiger partial charge on any atom is -0.248 e. The fraction of sp³-hybridized carbons (Fsp3) is 0.0690. The second-order valence-electron chi connectivity index (χ2n) is 7.50. The average molecular weight is 388 g/mol. The smallest absolute Gasteiger partial charge is 0.0787 e. The molecule has 0 saturated heterocycles. The number of aryl methyl sites for hydroxylation is 2. The molecule has 0 amide bonds. The van der Waals surface area contributed by atoms with Crippen molar-refractivity contribution in [1.82, 2.24) is 0 Å². The molecule has 0 bridgehead atoms. The molecule has 0 aliphatic rings. The largest absolute Gasteiger partial charge is 0.248 e. The van der Waals surface area contributed by atoms with E-state index in [0.29, 0.717) is 0 Å². The summed E-state index contributed by atoms with van der Waals surface area (Å²) in [7, 11) is 0. The van der Waals surface area contributed by atoms with Gasteiger partial charge in [0.1, 0.15) is 0 Å². The van der Waals surface area contributed by atoms with E-state index in [9.17, 15) is 0 Å².